The third-order valence-corrected chi connectivity index (χ3v) is 8.46. The maximum Gasteiger partial charge on any atom is 0.269 e. The van der Waals surface area contributed by atoms with E-state index in [9.17, 15) is 18.5 Å². The van der Waals surface area contributed by atoms with E-state index in [4.69, 9.17) is 11.6 Å². The Kier molecular flexibility index (Phi) is 7.14. The minimum Gasteiger partial charge on any atom is -0.299 e. The van der Waals surface area contributed by atoms with E-state index in [1.54, 1.807) is 0 Å². The number of likely N-dealkylation sites (tertiary alicyclic amines) is 1. The Bertz CT molecular complexity index is 1040. The summed E-state index contributed by atoms with van der Waals surface area (Å²) in [5, 5.41) is 11.6. The van der Waals surface area contributed by atoms with Gasteiger partial charge in [-0.05, 0) is 80.9 Å². The van der Waals surface area contributed by atoms with Crippen LogP contribution in [-0.4, -0.2) is 43.4 Å². The summed E-state index contributed by atoms with van der Waals surface area (Å²) in [4.78, 5) is 12.8. The van der Waals surface area contributed by atoms with Crippen molar-refractivity contribution in [3.8, 4) is 0 Å². The summed E-state index contributed by atoms with van der Waals surface area (Å²) in [5.41, 5.74) is 1.19. The molecule has 2 aliphatic rings. The van der Waals surface area contributed by atoms with Crippen LogP contribution in [0, 0.1) is 16.0 Å². The molecule has 0 aromatic heterocycles. The minimum absolute atomic E-state index is 0.0652. The van der Waals surface area contributed by atoms with Crippen molar-refractivity contribution in [1.82, 2.24) is 9.62 Å². The molecule has 0 radical (unpaired) electrons. The molecule has 7 nitrogen and oxygen atoms in total. The summed E-state index contributed by atoms with van der Waals surface area (Å²) >= 11 is 5.98. The first kappa shape index (κ1) is 23.2. The van der Waals surface area contributed by atoms with Gasteiger partial charge in [-0.2, -0.15) is 0 Å². The molecule has 0 bridgehead atoms. The highest BCUT2D eigenvalue weighted by Gasteiger charge is 2.36. The molecule has 9 heteroatoms. The normalized spacial score (nSPS) is 22.8. The Morgan fingerprint density at radius 1 is 1.00 bits per heavy atom. The van der Waals surface area contributed by atoms with Crippen LogP contribution in [0.3, 0.4) is 0 Å². The van der Waals surface area contributed by atoms with E-state index in [2.05, 4.69) is 21.8 Å². The Morgan fingerprint density at radius 2 is 1.66 bits per heavy atom. The van der Waals surface area contributed by atoms with Gasteiger partial charge in [-0.25, -0.2) is 13.1 Å². The minimum atomic E-state index is -3.72. The monoisotopic (exact) mass is 477 g/mol. The Labute approximate surface area is 194 Å². The lowest BCUT2D eigenvalue weighted by Crippen LogP contribution is -2.51. The van der Waals surface area contributed by atoms with Gasteiger partial charge >= 0.3 is 0 Å². The molecule has 4 rings (SSSR count). The summed E-state index contributed by atoms with van der Waals surface area (Å²) in [6.07, 6.45) is 6.02. The van der Waals surface area contributed by atoms with Crippen molar-refractivity contribution in [3.05, 3.63) is 69.2 Å². The molecule has 172 valence electrons. The first-order valence-electron chi connectivity index (χ1n) is 11.1. The molecule has 2 aromatic rings. The zero-order valence-corrected chi connectivity index (χ0v) is 19.4. The average Bonchev–Trinajstić information content (AvgIpc) is 3.23. The van der Waals surface area contributed by atoms with Crippen LogP contribution in [0.5, 0.6) is 0 Å². The van der Waals surface area contributed by atoms with Gasteiger partial charge in [-0.1, -0.05) is 30.2 Å². The smallest absolute Gasteiger partial charge is 0.269 e. The van der Waals surface area contributed by atoms with Gasteiger partial charge in [0, 0.05) is 29.2 Å². The average molecular weight is 478 g/mol. The van der Waals surface area contributed by atoms with E-state index in [0.29, 0.717) is 5.92 Å². The molecule has 2 unspecified atom stereocenters. The molecule has 2 fully saturated rings. The van der Waals surface area contributed by atoms with Gasteiger partial charge in [0.05, 0.1) is 9.82 Å². The van der Waals surface area contributed by atoms with Crippen molar-refractivity contribution >= 4 is 27.3 Å². The molecule has 1 saturated heterocycles. The van der Waals surface area contributed by atoms with Crippen LogP contribution in [0.2, 0.25) is 5.02 Å². The quantitative estimate of drug-likeness (QED) is 0.471. The third-order valence-electron chi connectivity index (χ3n) is 6.70. The highest BCUT2D eigenvalue weighted by Crippen LogP contribution is 2.31. The van der Waals surface area contributed by atoms with Gasteiger partial charge in [0.1, 0.15) is 0 Å². The topological polar surface area (TPSA) is 92.5 Å². The van der Waals surface area contributed by atoms with Gasteiger partial charge in [0.2, 0.25) is 10.0 Å². The Balaban J connectivity index is 1.34. The number of benzene rings is 2. The summed E-state index contributed by atoms with van der Waals surface area (Å²) in [7, 11) is -3.72. The first-order valence-corrected chi connectivity index (χ1v) is 12.9. The molecule has 1 heterocycles. The van der Waals surface area contributed by atoms with E-state index < -0.39 is 14.9 Å². The molecular weight excluding hydrogens is 450 g/mol. The number of halogens is 1. The molecule has 2 atom stereocenters. The number of nitro benzene ring substituents is 1. The number of sulfonamides is 1. The molecule has 1 N–H and O–H groups in total. The number of nitrogens with one attached hydrogen (secondary N) is 1. The van der Waals surface area contributed by atoms with Crippen molar-refractivity contribution in [2.24, 2.45) is 5.92 Å². The molecule has 1 aliphatic heterocycles. The second-order valence-corrected chi connectivity index (χ2v) is 10.9. The fourth-order valence-corrected chi connectivity index (χ4v) is 6.40. The SMILES string of the molecule is O=[N+]([O-])c1ccc(S(=O)(=O)NC2CCCC2N2CCC(Cc3ccc(Cl)cc3)CC2)cc1. The number of hydrogen-bond acceptors (Lipinski definition) is 5. The summed E-state index contributed by atoms with van der Waals surface area (Å²) in [5.74, 6) is 0.629. The highest BCUT2D eigenvalue weighted by atomic mass is 35.5. The maximum atomic E-state index is 12.9. The number of hydrogen-bond donors (Lipinski definition) is 1. The van der Waals surface area contributed by atoms with E-state index in [1.807, 2.05) is 12.1 Å². The van der Waals surface area contributed by atoms with Gasteiger partial charge in [0.25, 0.3) is 5.69 Å². The van der Waals surface area contributed by atoms with Crippen LogP contribution in [-0.2, 0) is 16.4 Å². The van der Waals surface area contributed by atoms with Crippen molar-refractivity contribution in [3.63, 3.8) is 0 Å². The molecule has 2 aromatic carbocycles. The number of rotatable bonds is 7. The molecule has 0 amide bonds. The summed E-state index contributed by atoms with van der Waals surface area (Å²) < 4.78 is 28.6. The molecular formula is C23H28ClN3O4S. The van der Waals surface area contributed by atoms with Crippen LogP contribution in [0.1, 0.15) is 37.7 Å². The lowest BCUT2D eigenvalue weighted by Gasteiger charge is -2.38. The number of nitro groups is 1. The predicted molar refractivity (Wildman–Crippen MR) is 124 cm³/mol. The van der Waals surface area contributed by atoms with Gasteiger partial charge in [0.15, 0.2) is 0 Å². The van der Waals surface area contributed by atoms with Gasteiger partial charge in [-0.3, -0.25) is 15.0 Å². The van der Waals surface area contributed by atoms with Gasteiger partial charge < -0.3 is 0 Å². The van der Waals surface area contributed by atoms with Crippen molar-refractivity contribution in [1.29, 1.82) is 0 Å². The molecule has 1 saturated carbocycles. The summed E-state index contributed by atoms with van der Waals surface area (Å²) in [6, 6.07) is 13.2. The van der Waals surface area contributed by atoms with Gasteiger partial charge in [-0.15, -0.1) is 0 Å². The lowest BCUT2D eigenvalue weighted by molar-refractivity contribution is -0.384. The number of piperidine rings is 1. The summed E-state index contributed by atoms with van der Waals surface area (Å²) in [6.45, 7) is 1.94. The van der Waals surface area contributed by atoms with Crippen LogP contribution in [0.25, 0.3) is 0 Å². The fourth-order valence-electron chi connectivity index (χ4n) is 4.97. The highest BCUT2D eigenvalue weighted by molar-refractivity contribution is 7.89. The number of non-ortho nitro benzene ring substituents is 1. The van der Waals surface area contributed by atoms with Crippen LogP contribution >= 0.6 is 11.6 Å². The maximum absolute atomic E-state index is 12.9. The van der Waals surface area contributed by atoms with Crippen LogP contribution in [0.4, 0.5) is 5.69 Å². The van der Waals surface area contributed by atoms with Crippen LogP contribution < -0.4 is 4.72 Å². The Morgan fingerprint density at radius 3 is 2.28 bits per heavy atom. The molecule has 0 spiro atoms. The van der Waals surface area contributed by atoms with Crippen LogP contribution in [0.15, 0.2) is 53.4 Å². The van der Waals surface area contributed by atoms with E-state index in [0.717, 1.165) is 56.6 Å². The van der Waals surface area contributed by atoms with E-state index in [1.165, 1.54) is 29.8 Å². The van der Waals surface area contributed by atoms with Crippen molar-refractivity contribution < 1.29 is 13.3 Å². The van der Waals surface area contributed by atoms with Crippen molar-refractivity contribution in [2.45, 2.75) is 55.5 Å². The second-order valence-electron chi connectivity index (χ2n) is 8.79. The zero-order chi connectivity index (χ0) is 22.7. The van der Waals surface area contributed by atoms with E-state index >= 15 is 0 Å². The largest absolute Gasteiger partial charge is 0.299 e. The Hall–Kier alpha value is -2.00. The first-order chi connectivity index (χ1) is 15.3. The fraction of sp³-hybridized carbons (Fsp3) is 0.478. The second kappa shape index (κ2) is 9.87. The van der Waals surface area contributed by atoms with E-state index in [-0.39, 0.29) is 22.7 Å². The van der Waals surface area contributed by atoms with Crippen molar-refractivity contribution in [2.75, 3.05) is 13.1 Å². The predicted octanol–water partition coefficient (Wildman–Crippen LogP) is 4.40. The third kappa shape index (κ3) is 5.49. The molecule has 1 aliphatic carbocycles. The lowest BCUT2D eigenvalue weighted by atomic mass is 9.89. The standard InChI is InChI=1S/C23H28ClN3O4S/c24-19-6-4-17(5-7-19)16-18-12-14-26(15-13-18)23-3-1-2-22(23)25-32(30,31)21-10-8-20(9-11-21)27(28)29/h4-11,18,22-23,25H,1-3,12-16H2. The molecule has 32 heavy (non-hydrogen) atoms. The zero-order valence-electron chi connectivity index (χ0n) is 17.8. The number of nitrogens with zero attached hydrogens (tertiary/aromatic N) is 2.